The van der Waals surface area contributed by atoms with Gasteiger partial charge in [-0.05, 0) is 31.6 Å². The van der Waals surface area contributed by atoms with Gasteiger partial charge in [0, 0.05) is 53.0 Å². The molecule has 7 nitrogen and oxygen atoms in total. The lowest BCUT2D eigenvalue weighted by Gasteiger charge is -2.40. The summed E-state index contributed by atoms with van der Waals surface area (Å²) in [6, 6.07) is 0. The van der Waals surface area contributed by atoms with Crippen LogP contribution >= 0.6 is 24.0 Å². The summed E-state index contributed by atoms with van der Waals surface area (Å²) < 4.78 is 28.2. The second-order valence-corrected chi connectivity index (χ2v) is 9.52. The van der Waals surface area contributed by atoms with E-state index in [1.54, 1.807) is 7.11 Å². The molecule has 1 saturated heterocycles. The van der Waals surface area contributed by atoms with Crippen molar-refractivity contribution in [3.63, 3.8) is 0 Å². The fraction of sp³-hybridized carbons (Fsp3) is 0.941. The molecule has 1 saturated carbocycles. The average molecular weight is 502 g/mol. The van der Waals surface area contributed by atoms with Crippen molar-refractivity contribution in [1.29, 1.82) is 0 Å². The maximum absolute atomic E-state index is 11.5. The lowest BCUT2D eigenvalue weighted by Crippen LogP contribution is -2.46. The Kier molecular flexibility index (Phi) is 10.7. The maximum atomic E-state index is 11.5. The number of nitrogens with zero attached hydrogens (tertiary/aromatic N) is 2. The molecular weight excluding hydrogens is 467 g/mol. The Balaban J connectivity index is 0.00000338. The summed E-state index contributed by atoms with van der Waals surface area (Å²) in [7, 11) is -1.05. The molecule has 0 aromatic rings. The molecule has 0 aromatic carbocycles. The largest absolute Gasteiger partial charge is 0.385 e. The second-order valence-electron chi connectivity index (χ2n) is 7.21. The van der Waals surface area contributed by atoms with E-state index in [0.717, 1.165) is 45.2 Å². The first-order valence-corrected chi connectivity index (χ1v) is 11.2. The normalized spacial score (nSPS) is 22.2. The van der Waals surface area contributed by atoms with Crippen LogP contribution in [0.15, 0.2) is 4.99 Å². The molecule has 0 radical (unpaired) electrons. The number of hydrogen-bond donors (Lipinski definition) is 2. The van der Waals surface area contributed by atoms with E-state index in [2.05, 4.69) is 22.5 Å². The molecule has 0 amide bonds. The molecule has 2 N–H and O–H groups in total. The molecule has 0 aromatic heterocycles. The Bertz CT molecular complexity index is 524. The molecule has 26 heavy (non-hydrogen) atoms. The molecule has 2 fully saturated rings. The molecule has 2 rings (SSSR count). The molecule has 154 valence electrons. The van der Waals surface area contributed by atoms with E-state index in [-0.39, 0.29) is 35.5 Å². The molecule has 1 aliphatic heterocycles. The van der Waals surface area contributed by atoms with Crippen LogP contribution in [0.5, 0.6) is 0 Å². The van der Waals surface area contributed by atoms with Crippen molar-refractivity contribution in [2.75, 3.05) is 64.5 Å². The first kappa shape index (κ1) is 23.9. The van der Waals surface area contributed by atoms with Crippen LogP contribution < -0.4 is 10.6 Å². The SMILES string of the molecule is CCNC(=NCC1(CCOC)CCC1)NCCN1CCS(=O)(=O)CC1.I. The molecule has 0 atom stereocenters. The Morgan fingerprint density at radius 1 is 1.23 bits per heavy atom. The van der Waals surface area contributed by atoms with E-state index in [1.165, 1.54) is 19.3 Å². The number of halogens is 1. The number of nitrogens with one attached hydrogen (secondary N) is 2. The average Bonchev–Trinajstić information content (AvgIpc) is 2.55. The number of methoxy groups -OCH3 is 1. The van der Waals surface area contributed by atoms with Gasteiger partial charge in [-0.1, -0.05) is 6.42 Å². The highest BCUT2D eigenvalue weighted by atomic mass is 127. The van der Waals surface area contributed by atoms with Crippen molar-refractivity contribution in [2.24, 2.45) is 10.4 Å². The third-order valence-corrected chi connectivity index (χ3v) is 6.93. The molecule has 0 bridgehead atoms. The monoisotopic (exact) mass is 502 g/mol. The van der Waals surface area contributed by atoms with Crippen LogP contribution in [-0.2, 0) is 14.6 Å². The van der Waals surface area contributed by atoms with Gasteiger partial charge < -0.3 is 15.4 Å². The Hall–Kier alpha value is -0.130. The standard InChI is InChI=1S/C17H34N4O3S.HI/c1-3-18-16(20-15-17(5-4-6-17)7-12-24-2)19-8-9-21-10-13-25(22,23)14-11-21;/h3-15H2,1-2H3,(H2,18,19,20);1H. The number of hydrogen-bond acceptors (Lipinski definition) is 5. The predicted molar refractivity (Wildman–Crippen MR) is 117 cm³/mol. The summed E-state index contributed by atoms with van der Waals surface area (Å²) >= 11 is 0. The summed E-state index contributed by atoms with van der Waals surface area (Å²) in [5.74, 6) is 1.42. The van der Waals surface area contributed by atoms with Crippen LogP contribution in [0.25, 0.3) is 0 Å². The van der Waals surface area contributed by atoms with E-state index >= 15 is 0 Å². The van der Waals surface area contributed by atoms with Crippen molar-refractivity contribution >= 4 is 39.8 Å². The molecule has 0 spiro atoms. The molecule has 0 unspecified atom stereocenters. The quantitative estimate of drug-likeness (QED) is 0.279. The van der Waals surface area contributed by atoms with Crippen LogP contribution in [0.2, 0.25) is 0 Å². The van der Waals surface area contributed by atoms with Gasteiger partial charge in [0.25, 0.3) is 0 Å². The van der Waals surface area contributed by atoms with Gasteiger partial charge in [0.2, 0.25) is 0 Å². The number of rotatable bonds is 9. The third kappa shape index (κ3) is 7.85. The highest BCUT2D eigenvalue weighted by molar-refractivity contribution is 14.0. The molecule has 1 heterocycles. The van der Waals surface area contributed by atoms with Crippen LogP contribution in [0, 0.1) is 5.41 Å². The lowest BCUT2D eigenvalue weighted by molar-refractivity contribution is 0.0778. The minimum atomic E-state index is -2.80. The number of ether oxygens (including phenoxy) is 1. The molecule has 9 heteroatoms. The Labute approximate surface area is 175 Å². The number of aliphatic imine (C=N–C) groups is 1. The summed E-state index contributed by atoms with van der Waals surface area (Å²) in [6.07, 6.45) is 4.85. The van der Waals surface area contributed by atoms with E-state index in [4.69, 9.17) is 9.73 Å². The fourth-order valence-electron chi connectivity index (χ4n) is 3.38. The first-order valence-electron chi connectivity index (χ1n) is 9.42. The third-order valence-electron chi connectivity index (χ3n) is 5.33. The van der Waals surface area contributed by atoms with Crippen molar-refractivity contribution in [3.05, 3.63) is 0 Å². The zero-order chi connectivity index (χ0) is 18.2. The number of sulfone groups is 1. The summed E-state index contributed by atoms with van der Waals surface area (Å²) in [5, 5.41) is 6.69. The zero-order valence-electron chi connectivity index (χ0n) is 16.1. The van der Waals surface area contributed by atoms with E-state index in [0.29, 0.717) is 18.5 Å². The minimum Gasteiger partial charge on any atom is -0.385 e. The zero-order valence-corrected chi connectivity index (χ0v) is 19.3. The molecule has 1 aliphatic carbocycles. The van der Waals surface area contributed by atoms with Crippen LogP contribution in [0.1, 0.15) is 32.6 Å². The lowest BCUT2D eigenvalue weighted by atomic mass is 9.67. The first-order chi connectivity index (χ1) is 12.0. The van der Waals surface area contributed by atoms with E-state index in [9.17, 15) is 8.42 Å². The predicted octanol–water partition coefficient (Wildman–Crippen LogP) is 1.10. The van der Waals surface area contributed by atoms with Crippen molar-refractivity contribution in [1.82, 2.24) is 15.5 Å². The van der Waals surface area contributed by atoms with Crippen LogP contribution in [0.4, 0.5) is 0 Å². The van der Waals surface area contributed by atoms with Gasteiger partial charge >= 0.3 is 0 Å². The topological polar surface area (TPSA) is 83.0 Å². The van der Waals surface area contributed by atoms with Crippen molar-refractivity contribution < 1.29 is 13.2 Å². The van der Waals surface area contributed by atoms with E-state index < -0.39 is 9.84 Å². The van der Waals surface area contributed by atoms with Gasteiger partial charge in [0.15, 0.2) is 15.8 Å². The maximum Gasteiger partial charge on any atom is 0.191 e. The Morgan fingerprint density at radius 3 is 2.46 bits per heavy atom. The number of guanidine groups is 1. The van der Waals surface area contributed by atoms with Crippen LogP contribution in [-0.4, -0.2) is 83.8 Å². The summed E-state index contributed by atoms with van der Waals surface area (Å²) in [6.45, 7) is 7.43. The molecule has 2 aliphatic rings. The second kappa shape index (κ2) is 11.7. The summed E-state index contributed by atoms with van der Waals surface area (Å²) in [5.41, 5.74) is 0.319. The fourth-order valence-corrected chi connectivity index (χ4v) is 4.65. The van der Waals surface area contributed by atoms with Gasteiger partial charge in [-0.3, -0.25) is 9.89 Å². The highest BCUT2D eigenvalue weighted by Crippen LogP contribution is 2.44. The summed E-state index contributed by atoms with van der Waals surface area (Å²) in [4.78, 5) is 6.99. The van der Waals surface area contributed by atoms with Gasteiger partial charge in [-0.25, -0.2) is 8.42 Å². The van der Waals surface area contributed by atoms with Gasteiger partial charge in [0.05, 0.1) is 11.5 Å². The van der Waals surface area contributed by atoms with Gasteiger partial charge in [0.1, 0.15) is 0 Å². The van der Waals surface area contributed by atoms with Gasteiger partial charge in [-0.2, -0.15) is 0 Å². The van der Waals surface area contributed by atoms with Gasteiger partial charge in [-0.15, -0.1) is 24.0 Å². The highest BCUT2D eigenvalue weighted by Gasteiger charge is 2.36. The molecular formula is C17H35IN4O3S. The smallest absolute Gasteiger partial charge is 0.191 e. The minimum absolute atomic E-state index is 0. The Morgan fingerprint density at radius 2 is 1.92 bits per heavy atom. The van der Waals surface area contributed by atoms with Crippen LogP contribution in [0.3, 0.4) is 0 Å². The van der Waals surface area contributed by atoms with Crippen molar-refractivity contribution in [2.45, 2.75) is 32.6 Å². The van der Waals surface area contributed by atoms with Crippen molar-refractivity contribution in [3.8, 4) is 0 Å². The van der Waals surface area contributed by atoms with E-state index in [1.807, 2.05) is 0 Å².